The van der Waals surface area contributed by atoms with Gasteiger partial charge in [0.15, 0.2) is 11.6 Å². The van der Waals surface area contributed by atoms with Crippen molar-refractivity contribution < 1.29 is 17.9 Å². The summed E-state index contributed by atoms with van der Waals surface area (Å²) in [5, 5.41) is 0. The number of allylic oxidation sites excluding steroid dienone is 2. The largest absolute Gasteiger partial charge is 0.500 e. The molecule has 0 aromatic heterocycles. The summed E-state index contributed by atoms with van der Waals surface area (Å²) in [5.74, 6) is 0.486. The van der Waals surface area contributed by atoms with E-state index < -0.39 is 11.6 Å². The Hall–Kier alpha value is -2.95. The molecule has 2 saturated carbocycles. The lowest BCUT2D eigenvalue weighted by atomic mass is 9.68. The van der Waals surface area contributed by atoms with Gasteiger partial charge < -0.3 is 4.74 Å². The van der Waals surface area contributed by atoms with Crippen LogP contribution in [0.3, 0.4) is 0 Å². The molecule has 41 heavy (non-hydrogen) atoms. The monoisotopic (exact) mass is 556 g/mol. The third-order valence-electron chi connectivity index (χ3n) is 9.56. The average molecular weight is 557 g/mol. The first-order chi connectivity index (χ1) is 20.0. The van der Waals surface area contributed by atoms with Crippen molar-refractivity contribution in [3.05, 3.63) is 89.8 Å². The molecule has 0 amide bonds. The van der Waals surface area contributed by atoms with Crippen LogP contribution in [-0.2, 0) is 0 Å². The van der Waals surface area contributed by atoms with Gasteiger partial charge in [0, 0.05) is 17.6 Å². The zero-order chi connectivity index (χ0) is 28.8. The van der Waals surface area contributed by atoms with Crippen LogP contribution in [0.2, 0.25) is 0 Å². The number of ether oxygens (including phenoxy) is 1. The molecule has 0 unspecified atom stereocenters. The number of hydrogen-bond donors (Lipinski definition) is 0. The maximum atomic E-state index is 15.3. The van der Waals surface area contributed by atoms with Gasteiger partial charge in [-0.1, -0.05) is 61.4 Å². The van der Waals surface area contributed by atoms with Crippen LogP contribution in [0.4, 0.5) is 13.2 Å². The van der Waals surface area contributed by atoms with Crippen LogP contribution in [-0.4, -0.2) is 14.4 Å². The Labute approximate surface area is 244 Å². The third-order valence-corrected chi connectivity index (χ3v) is 9.56. The first-order valence-corrected chi connectivity index (χ1v) is 15.3. The molecular formula is C36H40BF3O. The Kier molecular flexibility index (Phi) is 9.95. The second-order valence-corrected chi connectivity index (χ2v) is 11.9. The summed E-state index contributed by atoms with van der Waals surface area (Å²) in [5.41, 5.74) is 2.92. The number of benzene rings is 3. The fourth-order valence-corrected chi connectivity index (χ4v) is 7.18. The maximum Gasteiger partial charge on any atom is 0.201 e. The summed E-state index contributed by atoms with van der Waals surface area (Å²) >= 11 is 0. The highest BCUT2D eigenvalue weighted by Crippen LogP contribution is 2.45. The predicted molar refractivity (Wildman–Crippen MR) is 163 cm³/mol. The zero-order valence-corrected chi connectivity index (χ0v) is 24.1. The summed E-state index contributed by atoms with van der Waals surface area (Å²) in [6, 6.07) is 15.3. The molecule has 3 aromatic rings. The van der Waals surface area contributed by atoms with Crippen molar-refractivity contribution in [1.82, 2.24) is 0 Å². The van der Waals surface area contributed by atoms with Gasteiger partial charge in [-0.3, -0.25) is 0 Å². The molecule has 0 saturated heterocycles. The quantitative estimate of drug-likeness (QED) is 0.188. The summed E-state index contributed by atoms with van der Waals surface area (Å²) in [7, 11) is 5.27. The molecule has 1 nitrogen and oxygen atoms in total. The average Bonchev–Trinajstić information content (AvgIpc) is 3.00. The molecule has 0 N–H and O–H groups in total. The minimum atomic E-state index is -1.07. The Bertz CT molecular complexity index is 1320. The van der Waals surface area contributed by atoms with Gasteiger partial charge in [-0.05, 0) is 117 Å². The van der Waals surface area contributed by atoms with E-state index in [9.17, 15) is 8.78 Å². The van der Waals surface area contributed by atoms with Crippen molar-refractivity contribution in [3.8, 4) is 28.0 Å². The van der Waals surface area contributed by atoms with Gasteiger partial charge in [0.1, 0.15) is 13.7 Å². The highest BCUT2D eigenvalue weighted by atomic mass is 19.2. The number of halogens is 3. The van der Waals surface area contributed by atoms with Crippen molar-refractivity contribution >= 4 is 7.85 Å². The Morgan fingerprint density at radius 1 is 0.756 bits per heavy atom. The van der Waals surface area contributed by atoms with Gasteiger partial charge in [-0.2, -0.15) is 4.39 Å². The van der Waals surface area contributed by atoms with Crippen LogP contribution >= 0.6 is 0 Å². The van der Waals surface area contributed by atoms with Gasteiger partial charge >= 0.3 is 0 Å². The molecule has 0 bridgehead atoms. The summed E-state index contributed by atoms with van der Waals surface area (Å²) < 4.78 is 49.2. The van der Waals surface area contributed by atoms with E-state index in [1.54, 1.807) is 30.3 Å². The lowest BCUT2D eigenvalue weighted by Crippen LogP contribution is -2.25. The van der Waals surface area contributed by atoms with Crippen LogP contribution in [0.25, 0.3) is 22.3 Å². The van der Waals surface area contributed by atoms with Gasteiger partial charge in [0.05, 0.1) is 0 Å². The Morgan fingerprint density at radius 3 is 1.98 bits per heavy atom. The Morgan fingerprint density at radius 2 is 1.37 bits per heavy atom. The van der Waals surface area contributed by atoms with Crippen molar-refractivity contribution in [3.63, 3.8) is 0 Å². The summed E-state index contributed by atoms with van der Waals surface area (Å²) in [6.45, 7) is 1.86. The molecule has 0 aliphatic heterocycles. The highest BCUT2D eigenvalue weighted by Gasteiger charge is 2.31. The van der Waals surface area contributed by atoms with E-state index in [-0.39, 0.29) is 23.6 Å². The van der Waals surface area contributed by atoms with Gasteiger partial charge in [0.25, 0.3) is 0 Å². The Balaban J connectivity index is 1.18. The van der Waals surface area contributed by atoms with Gasteiger partial charge in [0.2, 0.25) is 5.82 Å². The first-order valence-electron chi connectivity index (χ1n) is 15.3. The molecule has 0 heterocycles. The van der Waals surface area contributed by atoms with Crippen LogP contribution < -0.4 is 4.74 Å². The van der Waals surface area contributed by atoms with Gasteiger partial charge in [-0.15, -0.1) is 0 Å². The van der Waals surface area contributed by atoms with Crippen LogP contribution in [0.15, 0.2) is 66.7 Å². The van der Waals surface area contributed by atoms with Gasteiger partial charge in [-0.25, -0.2) is 8.78 Å². The van der Waals surface area contributed by atoms with Crippen molar-refractivity contribution in [2.24, 2.45) is 17.8 Å². The van der Waals surface area contributed by atoms with Crippen molar-refractivity contribution in [2.45, 2.75) is 77.0 Å². The highest BCUT2D eigenvalue weighted by molar-refractivity contribution is 6.08. The number of rotatable bonds is 9. The van der Waals surface area contributed by atoms with Crippen LogP contribution in [0.5, 0.6) is 5.75 Å². The molecule has 5 rings (SSSR count). The van der Waals surface area contributed by atoms with E-state index in [2.05, 4.69) is 25.1 Å². The van der Waals surface area contributed by atoms with E-state index >= 15 is 4.39 Å². The lowest BCUT2D eigenvalue weighted by Gasteiger charge is -2.38. The molecule has 0 spiro atoms. The van der Waals surface area contributed by atoms with E-state index in [0.29, 0.717) is 22.6 Å². The molecule has 2 aliphatic carbocycles. The van der Waals surface area contributed by atoms with E-state index in [0.717, 1.165) is 36.2 Å². The minimum Gasteiger partial charge on any atom is -0.500 e. The molecule has 2 aliphatic rings. The third kappa shape index (κ3) is 6.93. The van der Waals surface area contributed by atoms with E-state index in [1.165, 1.54) is 63.5 Å². The van der Waals surface area contributed by atoms with Crippen molar-refractivity contribution in [1.29, 1.82) is 0 Å². The maximum absolute atomic E-state index is 15.3. The second kappa shape index (κ2) is 13.8. The van der Waals surface area contributed by atoms with E-state index in [4.69, 9.17) is 12.6 Å². The minimum absolute atomic E-state index is 0.113. The zero-order valence-electron chi connectivity index (χ0n) is 24.1. The predicted octanol–water partition coefficient (Wildman–Crippen LogP) is 10.4. The smallest absolute Gasteiger partial charge is 0.201 e. The molecule has 214 valence electrons. The van der Waals surface area contributed by atoms with E-state index in [1.807, 2.05) is 6.07 Å². The fourth-order valence-electron chi connectivity index (χ4n) is 7.18. The first kappa shape index (κ1) is 29.5. The summed E-state index contributed by atoms with van der Waals surface area (Å²) in [4.78, 5) is 0. The molecule has 3 aromatic carbocycles. The normalized spacial score (nSPS) is 23.1. The molecular weight excluding hydrogens is 516 g/mol. The van der Waals surface area contributed by atoms with Crippen molar-refractivity contribution in [2.75, 3.05) is 6.51 Å². The van der Waals surface area contributed by atoms with Crippen LogP contribution in [0.1, 0.15) is 82.6 Å². The molecule has 2 radical (unpaired) electrons. The molecule has 5 heteroatoms. The van der Waals surface area contributed by atoms with Crippen LogP contribution in [0, 0.1) is 35.2 Å². The lowest BCUT2D eigenvalue weighted by molar-refractivity contribution is 0.157. The second-order valence-electron chi connectivity index (χ2n) is 11.9. The standard InChI is InChI=1S/C36H40BF3O/c1-2-3-4-5-24-6-8-25(9-7-24)26-10-12-27(13-11-26)30-18-19-31(33(38)22-30)28-14-16-29(17-15-28)32-20-21-34(41-23-37)36(40)35(32)39/h2-3,14-22,24-27H,4-13,23H2,1H3/b3-2+. The molecule has 0 atom stereocenters. The topological polar surface area (TPSA) is 9.23 Å². The summed E-state index contributed by atoms with van der Waals surface area (Å²) in [6.07, 6.45) is 17.3. The number of hydrogen-bond acceptors (Lipinski definition) is 1. The fraction of sp³-hybridized carbons (Fsp3) is 0.444. The molecule has 2 fully saturated rings. The SMILES string of the molecule is [B]COc1ccc(-c2ccc(-c3ccc(C4CCC(C5CCC(CC/C=C/C)CC5)CC4)cc3F)cc2)c(F)c1F.